The first-order chi connectivity index (χ1) is 10.8. The van der Waals surface area contributed by atoms with Crippen molar-refractivity contribution in [1.82, 2.24) is 4.90 Å². The second-order valence-electron chi connectivity index (χ2n) is 6.00. The standard InChI is InChI=1S/C19H20ClNO/c20-18-8-6-16(7-9-18)19-14-21(13-17(19)10-11-22)12-15-4-2-1-3-5-15/h1-9,11,17,19H,10,12-14H2. The number of nitrogens with zero attached hydrogens (tertiary/aromatic N) is 1. The summed E-state index contributed by atoms with van der Waals surface area (Å²) in [5.74, 6) is 0.800. The van der Waals surface area contributed by atoms with Crippen LogP contribution in [0.4, 0.5) is 0 Å². The molecule has 3 rings (SSSR count). The molecule has 22 heavy (non-hydrogen) atoms. The van der Waals surface area contributed by atoms with Crippen molar-refractivity contribution in [2.45, 2.75) is 18.9 Å². The van der Waals surface area contributed by atoms with Crippen LogP contribution in [0.25, 0.3) is 0 Å². The molecule has 0 aromatic heterocycles. The zero-order valence-corrected chi connectivity index (χ0v) is 13.2. The summed E-state index contributed by atoms with van der Waals surface area (Å²) in [5.41, 5.74) is 2.61. The number of hydrogen-bond donors (Lipinski definition) is 0. The Kier molecular flexibility index (Phi) is 4.91. The van der Waals surface area contributed by atoms with Crippen LogP contribution >= 0.6 is 11.6 Å². The third kappa shape index (κ3) is 3.57. The summed E-state index contributed by atoms with van der Waals surface area (Å²) in [4.78, 5) is 13.5. The molecular weight excluding hydrogens is 294 g/mol. The maximum atomic E-state index is 11.0. The predicted octanol–water partition coefficient (Wildman–Crippen LogP) is 4.14. The van der Waals surface area contributed by atoms with Crippen molar-refractivity contribution in [3.8, 4) is 0 Å². The van der Waals surface area contributed by atoms with Crippen LogP contribution in [-0.2, 0) is 11.3 Å². The molecule has 2 aromatic carbocycles. The van der Waals surface area contributed by atoms with Gasteiger partial charge < -0.3 is 4.79 Å². The highest BCUT2D eigenvalue weighted by Crippen LogP contribution is 2.35. The van der Waals surface area contributed by atoms with E-state index in [1.165, 1.54) is 11.1 Å². The fourth-order valence-corrected chi connectivity index (χ4v) is 3.51. The third-order valence-corrected chi connectivity index (χ3v) is 4.71. The summed E-state index contributed by atoms with van der Waals surface area (Å²) in [6.45, 7) is 2.91. The summed E-state index contributed by atoms with van der Waals surface area (Å²) in [6, 6.07) is 18.6. The van der Waals surface area contributed by atoms with Gasteiger partial charge in [-0.1, -0.05) is 54.1 Å². The Bertz CT molecular complexity index is 611. The topological polar surface area (TPSA) is 20.3 Å². The molecule has 3 heteroatoms. The molecule has 1 heterocycles. The first kappa shape index (κ1) is 15.3. The number of aldehydes is 1. The van der Waals surface area contributed by atoms with Crippen molar-refractivity contribution in [3.63, 3.8) is 0 Å². The minimum absolute atomic E-state index is 0.391. The fraction of sp³-hybridized carbons (Fsp3) is 0.316. The van der Waals surface area contributed by atoms with Crippen LogP contribution < -0.4 is 0 Å². The Morgan fingerprint density at radius 2 is 1.77 bits per heavy atom. The Morgan fingerprint density at radius 3 is 2.45 bits per heavy atom. The van der Waals surface area contributed by atoms with Gasteiger partial charge in [-0.3, -0.25) is 4.90 Å². The monoisotopic (exact) mass is 313 g/mol. The van der Waals surface area contributed by atoms with Gasteiger partial charge in [0.15, 0.2) is 0 Å². The molecule has 1 aliphatic rings. The van der Waals surface area contributed by atoms with E-state index < -0.39 is 0 Å². The number of halogens is 1. The second-order valence-corrected chi connectivity index (χ2v) is 6.44. The van der Waals surface area contributed by atoms with Gasteiger partial charge in [-0.05, 0) is 29.2 Å². The maximum Gasteiger partial charge on any atom is 0.120 e. The zero-order valence-electron chi connectivity index (χ0n) is 12.5. The fourth-order valence-electron chi connectivity index (χ4n) is 3.38. The largest absolute Gasteiger partial charge is 0.303 e. The smallest absolute Gasteiger partial charge is 0.120 e. The van der Waals surface area contributed by atoms with Crippen LogP contribution in [0.2, 0.25) is 5.02 Å². The molecule has 2 atom stereocenters. The molecule has 0 aliphatic carbocycles. The molecule has 114 valence electrons. The molecule has 0 amide bonds. The zero-order chi connectivity index (χ0) is 15.4. The lowest BCUT2D eigenvalue weighted by Gasteiger charge is -2.17. The van der Waals surface area contributed by atoms with Crippen LogP contribution in [0.1, 0.15) is 23.5 Å². The average molecular weight is 314 g/mol. The van der Waals surface area contributed by atoms with E-state index in [0.29, 0.717) is 18.3 Å². The van der Waals surface area contributed by atoms with Crippen molar-refractivity contribution in [2.75, 3.05) is 13.1 Å². The van der Waals surface area contributed by atoms with Gasteiger partial charge in [0.05, 0.1) is 0 Å². The normalized spacial score (nSPS) is 21.9. The van der Waals surface area contributed by atoms with Gasteiger partial charge in [-0.2, -0.15) is 0 Å². The van der Waals surface area contributed by atoms with Crippen molar-refractivity contribution in [2.24, 2.45) is 5.92 Å². The lowest BCUT2D eigenvalue weighted by atomic mass is 9.87. The van der Waals surface area contributed by atoms with E-state index in [4.69, 9.17) is 11.6 Å². The molecule has 2 unspecified atom stereocenters. The van der Waals surface area contributed by atoms with E-state index in [9.17, 15) is 4.79 Å². The van der Waals surface area contributed by atoms with E-state index in [-0.39, 0.29) is 0 Å². The SMILES string of the molecule is O=CCC1CN(Cc2ccccc2)CC1c1ccc(Cl)cc1. The summed E-state index contributed by atoms with van der Waals surface area (Å²) in [7, 11) is 0. The molecule has 1 saturated heterocycles. The highest BCUT2D eigenvalue weighted by atomic mass is 35.5. The summed E-state index contributed by atoms with van der Waals surface area (Å²) in [6.07, 6.45) is 1.68. The average Bonchev–Trinajstić information content (AvgIpc) is 2.92. The molecule has 0 saturated carbocycles. The first-order valence-corrected chi connectivity index (χ1v) is 8.09. The number of carbonyl (C=O) groups is 1. The van der Waals surface area contributed by atoms with Gasteiger partial charge in [0.25, 0.3) is 0 Å². The van der Waals surface area contributed by atoms with Gasteiger partial charge in [0.2, 0.25) is 0 Å². The van der Waals surface area contributed by atoms with Crippen LogP contribution in [0.15, 0.2) is 54.6 Å². The lowest BCUT2D eigenvalue weighted by molar-refractivity contribution is -0.108. The molecule has 1 aliphatic heterocycles. The Labute approximate surface area is 136 Å². The molecule has 2 nitrogen and oxygen atoms in total. The quantitative estimate of drug-likeness (QED) is 0.773. The predicted molar refractivity (Wildman–Crippen MR) is 90.1 cm³/mol. The minimum Gasteiger partial charge on any atom is -0.303 e. The van der Waals surface area contributed by atoms with E-state index in [1.54, 1.807) is 0 Å². The molecular formula is C19H20ClNO. The van der Waals surface area contributed by atoms with E-state index in [2.05, 4.69) is 41.3 Å². The highest BCUT2D eigenvalue weighted by molar-refractivity contribution is 6.30. The second kappa shape index (κ2) is 7.08. The number of carbonyl (C=O) groups excluding carboxylic acids is 1. The maximum absolute atomic E-state index is 11.0. The number of hydrogen-bond acceptors (Lipinski definition) is 2. The van der Waals surface area contributed by atoms with Crippen LogP contribution in [0.3, 0.4) is 0 Å². The Hall–Kier alpha value is -1.64. The van der Waals surface area contributed by atoms with Gasteiger partial charge in [0, 0.05) is 37.0 Å². The molecule has 0 radical (unpaired) electrons. The van der Waals surface area contributed by atoms with E-state index in [1.807, 2.05) is 18.2 Å². The molecule has 1 fully saturated rings. The van der Waals surface area contributed by atoms with Crippen molar-refractivity contribution in [3.05, 3.63) is 70.7 Å². The Balaban J connectivity index is 1.74. The van der Waals surface area contributed by atoms with E-state index in [0.717, 1.165) is 30.9 Å². The summed E-state index contributed by atoms with van der Waals surface area (Å²) in [5, 5.41) is 0.759. The number of benzene rings is 2. The molecule has 0 N–H and O–H groups in total. The third-order valence-electron chi connectivity index (χ3n) is 4.46. The number of rotatable bonds is 5. The van der Waals surface area contributed by atoms with Gasteiger partial charge in [-0.25, -0.2) is 0 Å². The van der Waals surface area contributed by atoms with Crippen LogP contribution in [-0.4, -0.2) is 24.3 Å². The van der Waals surface area contributed by atoms with E-state index >= 15 is 0 Å². The molecule has 2 aromatic rings. The number of likely N-dealkylation sites (tertiary alicyclic amines) is 1. The molecule has 0 spiro atoms. The van der Waals surface area contributed by atoms with Gasteiger partial charge in [0.1, 0.15) is 6.29 Å². The summed E-state index contributed by atoms with van der Waals surface area (Å²) < 4.78 is 0. The van der Waals surface area contributed by atoms with Gasteiger partial charge in [-0.15, -0.1) is 0 Å². The van der Waals surface area contributed by atoms with Crippen LogP contribution in [0, 0.1) is 5.92 Å². The van der Waals surface area contributed by atoms with Crippen molar-refractivity contribution < 1.29 is 4.79 Å². The van der Waals surface area contributed by atoms with Crippen molar-refractivity contribution in [1.29, 1.82) is 0 Å². The minimum atomic E-state index is 0.391. The highest BCUT2D eigenvalue weighted by Gasteiger charge is 2.33. The van der Waals surface area contributed by atoms with Crippen LogP contribution in [0.5, 0.6) is 0 Å². The van der Waals surface area contributed by atoms with Gasteiger partial charge >= 0.3 is 0 Å². The lowest BCUT2D eigenvalue weighted by Crippen LogP contribution is -2.20. The molecule has 0 bridgehead atoms. The summed E-state index contributed by atoms with van der Waals surface area (Å²) >= 11 is 5.99. The first-order valence-electron chi connectivity index (χ1n) is 7.71. The Morgan fingerprint density at radius 1 is 1.05 bits per heavy atom. The van der Waals surface area contributed by atoms with Crippen molar-refractivity contribution >= 4 is 17.9 Å².